The van der Waals surface area contributed by atoms with Crippen LogP contribution in [0.15, 0.2) is 59.5 Å². The summed E-state index contributed by atoms with van der Waals surface area (Å²) in [6.07, 6.45) is 2.07. The molecule has 0 spiro atoms. The first-order valence-electron chi connectivity index (χ1n) is 7.87. The number of hydrogen-bond donors (Lipinski definition) is 2. The van der Waals surface area contributed by atoms with Crippen molar-refractivity contribution in [1.82, 2.24) is 5.32 Å². The van der Waals surface area contributed by atoms with Crippen LogP contribution in [0.25, 0.3) is 0 Å². The third-order valence-corrected chi connectivity index (χ3v) is 4.55. The van der Waals surface area contributed by atoms with Crippen LogP contribution in [0, 0.1) is 0 Å². The number of hydrogen-bond acceptors (Lipinski definition) is 2. The Labute approximate surface area is 143 Å². The molecule has 0 bridgehead atoms. The van der Waals surface area contributed by atoms with Gasteiger partial charge in [-0.3, -0.25) is 4.79 Å². The van der Waals surface area contributed by atoms with Gasteiger partial charge in [-0.2, -0.15) is 0 Å². The zero-order valence-corrected chi connectivity index (χ0v) is 14.8. The van der Waals surface area contributed by atoms with Gasteiger partial charge >= 0.3 is 0 Å². The van der Waals surface area contributed by atoms with Crippen molar-refractivity contribution in [3.63, 3.8) is 0 Å². The zero-order valence-electron chi connectivity index (χ0n) is 14.0. The monoisotopic (exact) mass is 329 g/mol. The number of quaternary nitrogens is 1. The number of amides is 1. The van der Waals surface area contributed by atoms with E-state index in [0.29, 0.717) is 6.54 Å². The number of carbonyl (C=O) groups is 1. The standard InChI is InChI=1S/C19H24N2OS/c1-15(17-7-5-4-6-8-17)20-19(22)14-21(2)13-16-9-11-18(23-3)12-10-16/h4-12,15H,13-14H2,1-3H3,(H,20,22)/p+1/t15-/m1/s1. The molecule has 2 atom stereocenters. The van der Waals surface area contributed by atoms with Gasteiger partial charge in [-0.05, 0) is 30.9 Å². The molecule has 0 heterocycles. The van der Waals surface area contributed by atoms with E-state index in [0.717, 1.165) is 12.1 Å². The van der Waals surface area contributed by atoms with Crippen LogP contribution in [0.4, 0.5) is 0 Å². The molecule has 2 aromatic rings. The summed E-state index contributed by atoms with van der Waals surface area (Å²) in [4.78, 5) is 14.6. The van der Waals surface area contributed by atoms with Gasteiger partial charge in [0.1, 0.15) is 6.54 Å². The molecular weight excluding hydrogens is 304 g/mol. The van der Waals surface area contributed by atoms with Gasteiger partial charge in [0.25, 0.3) is 5.91 Å². The molecule has 0 aliphatic heterocycles. The summed E-state index contributed by atoms with van der Waals surface area (Å²) in [6.45, 7) is 3.34. The van der Waals surface area contributed by atoms with Crippen LogP contribution in [-0.2, 0) is 11.3 Å². The molecule has 122 valence electrons. The first-order valence-corrected chi connectivity index (χ1v) is 9.09. The Bertz CT molecular complexity index is 613. The lowest BCUT2D eigenvalue weighted by atomic mass is 10.1. The van der Waals surface area contributed by atoms with Gasteiger partial charge in [0, 0.05) is 10.5 Å². The van der Waals surface area contributed by atoms with Crippen LogP contribution in [0.2, 0.25) is 0 Å². The van der Waals surface area contributed by atoms with E-state index in [9.17, 15) is 4.79 Å². The maximum atomic E-state index is 12.2. The van der Waals surface area contributed by atoms with Crippen molar-refractivity contribution < 1.29 is 9.69 Å². The molecule has 1 unspecified atom stereocenters. The SMILES string of the molecule is CSc1ccc(C[NH+](C)CC(=O)N[C@H](C)c2ccccc2)cc1. The highest BCUT2D eigenvalue weighted by molar-refractivity contribution is 7.98. The summed E-state index contributed by atoms with van der Waals surface area (Å²) in [5.74, 6) is 0.0830. The molecule has 0 aliphatic carbocycles. The largest absolute Gasteiger partial charge is 0.345 e. The van der Waals surface area contributed by atoms with Crippen LogP contribution < -0.4 is 10.2 Å². The predicted molar refractivity (Wildman–Crippen MR) is 96.7 cm³/mol. The molecule has 0 saturated heterocycles. The van der Waals surface area contributed by atoms with Crippen molar-refractivity contribution in [2.45, 2.75) is 24.4 Å². The second kappa shape index (κ2) is 8.75. The number of benzene rings is 2. The van der Waals surface area contributed by atoms with Crippen molar-refractivity contribution in [2.75, 3.05) is 19.8 Å². The molecular formula is C19H25N2OS+. The molecule has 2 aromatic carbocycles. The van der Waals surface area contributed by atoms with Gasteiger partial charge in [-0.15, -0.1) is 11.8 Å². The van der Waals surface area contributed by atoms with E-state index in [1.807, 2.05) is 37.3 Å². The van der Waals surface area contributed by atoms with Gasteiger partial charge in [0.15, 0.2) is 6.54 Å². The molecule has 0 saturated carbocycles. The first kappa shape index (κ1) is 17.6. The lowest BCUT2D eigenvalue weighted by Crippen LogP contribution is -3.08. The first-order chi connectivity index (χ1) is 11.1. The van der Waals surface area contributed by atoms with Gasteiger partial charge in [0.2, 0.25) is 0 Å². The van der Waals surface area contributed by atoms with Gasteiger partial charge < -0.3 is 10.2 Å². The summed E-state index contributed by atoms with van der Waals surface area (Å²) in [6, 6.07) is 18.6. The average Bonchev–Trinajstić information content (AvgIpc) is 2.56. The molecule has 2 N–H and O–H groups in total. The van der Waals surface area contributed by atoms with Gasteiger partial charge in [0.05, 0.1) is 13.1 Å². The maximum Gasteiger partial charge on any atom is 0.275 e. The third kappa shape index (κ3) is 5.73. The molecule has 3 nitrogen and oxygen atoms in total. The van der Waals surface area contributed by atoms with Crippen molar-refractivity contribution in [3.05, 3.63) is 65.7 Å². The second-order valence-electron chi connectivity index (χ2n) is 5.86. The number of rotatable bonds is 7. The Morgan fingerprint density at radius 1 is 1.13 bits per heavy atom. The number of thioether (sulfide) groups is 1. The minimum atomic E-state index is 0.0392. The lowest BCUT2D eigenvalue weighted by molar-refractivity contribution is -0.885. The molecule has 0 radical (unpaired) electrons. The van der Waals surface area contributed by atoms with E-state index in [2.05, 4.69) is 42.9 Å². The number of nitrogens with one attached hydrogen (secondary N) is 2. The quantitative estimate of drug-likeness (QED) is 0.764. The molecule has 0 aliphatic rings. The number of likely N-dealkylation sites (N-methyl/N-ethyl adjacent to an activating group) is 1. The van der Waals surface area contributed by atoms with Crippen LogP contribution >= 0.6 is 11.8 Å². The van der Waals surface area contributed by atoms with Crippen molar-refractivity contribution >= 4 is 17.7 Å². The van der Waals surface area contributed by atoms with E-state index in [1.165, 1.54) is 15.4 Å². The second-order valence-corrected chi connectivity index (χ2v) is 6.74. The summed E-state index contributed by atoms with van der Waals surface area (Å²) >= 11 is 1.74. The maximum absolute atomic E-state index is 12.2. The molecule has 1 amide bonds. The Morgan fingerprint density at radius 2 is 1.78 bits per heavy atom. The minimum Gasteiger partial charge on any atom is -0.345 e. The Kier molecular flexibility index (Phi) is 6.68. The third-order valence-electron chi connectivity index (χ3n) is 3.80. The summed E-state index contributed by atoms with van der Waals surface area (Å²) < 4.78 is 0. The van der Waals surface area contributed by atoms with E-state index in [1.54, 1.807) is 11.8 Å². The zero-order chi connectivity index (χ0) is 16.7. The van der Waals surface area contributed by atoms with Crippen LogP contribution in [0.3, 0.4) is 0 Å². The predicted octanol–water partition coefficient (Wildman–Crippen LogP) is 2.30. The molecule has 0 aromatic heterocycles. The highest BCUT2D eigenvalue weighted by Gasteiger charge is 2.14. The summed E-state index contributed by atoms with van der Waals surface area (Å²) in [5, 5.41) is 3.07. The lowest BCUT2D eigenvalue weighted by Gasteiger charge is -2.17. The van der Waals surface area contributed by atoms with Gasteiger partial charge in [-0.1, -0.05) is 42.5 Å². The number of carbonyl (C=O) groups excluding carboxylic acids is 1. The van der Waals surface area contributed by atoms with E-state index in [4.69, 9.17) is 0 Å². The molecule has 4 heteroatoms. The van der Waals surface area contributed by atoms with Crippen molar-refractivity contribution in [1.29, 1.82) is 0 Å². The van der Waals surface area contributed by atoms with Crippen molar-refractivity contribution in [2.24, 2.45) is 0 Å². The average molecular weight is 329 g/mol. The molecule has 0 fully saturated rings. The van der Waals surface area contributed by atoms with Crippen molar-refractivity contribution in [3.8, 4) is 0 Å². The van der Waals surface area contributed by atoms with Crippen LogP contribution in [0.1, 0.15) is 24.1 Å². The summed E-state index contributed by atoms with van der Waals surface area (Å²) in [7, 11) is 2.05. The normalized spacial score (nSPS) is 13.3. The highest BCUT2D eigenvalue weighted by atomic mass is 32.2. The Morgan fingerprint density at radius 3 is 2.39 bits per heavy atom. The Hall–Kier alpha value is -1.78. The highest BCUT2D eigenvalue weighted by Crippen LogP contribution is 2.14. The fraction of sp³-hybridized carbons (Fsp3) is 0.316. The molecule has 23 heavy (non-hydrogen) atoms. The fourth-order valence-corrected chi connectivity index (χ4v) is 2.95. The fourth-order valence-electron chi connectivity index (χ4n) is 2.55. The van der Waals surface area contributed by atoms with E-state index in [-0.39, 0.29) is 11.9 Å². The van der Waals surface area contributed by atoms with Gasteiger partial charge in [-0.25, -0.2) is 0 Å². The smallest absolute Gasteiger partial charge is 0.275 e. The topological polar surface area (TPSA) is 33.5 Å². The summed E-state index contributed by atoms with van der Waals surface area (Å²) in [5.41, 5.74) is 2.38. The minimum absolute atomic E-state index is 0.0392. The van der Waals surface area contributed by atoms with Crippen LogP contribution in [0.5, 0.6) is 0 Å². The Balaban J connectivity index is 1.82. The van der Waals surface area contributed by atoms with E-state index < -0.39 is 0 Å². The van der Waals surface area contributed by atoms with E-state index >= 15 is 0 Å². The molecule has 2 rings (SSSR count). The van der Waals surface area contributed by atoms with Crippen LogP contribution in [-0.4, -0.2) is 25.8 Å².